The van der Waals surface area contributed by atoms with E-state index in [9.17, 15) is 18.0 Å². The van der Waals surface area contributed by atoms with E-state index in [1.165, 1.54) is 4.57 Å². The molecule has 1 aromatic carbocycles. The molecule has 0 saturated heterocycles. The van der Waals surface area contributed by atoms with Crippen molar-refractivity contribution in [3.05, 3.63) is 57.8 Å². The van der Waals surface area contributed by atoms with Crippen LogP contribution in [0.1, 0.15) is 21.5 Å². The van der Waals surface area contributed by atoms with Gasteiger partial charge in [0, 0.05) is 23.4 Å². The fraction of sp³-hybridized carbons (Fsp3) is 0.154. The lowest BCUT2D eigenvalue weighted by Gasteiger charge is -2.05. The van der Waals surface area contributed by atoms with E-state index >= 15 is 0 Å². The number of rotatable bonds is 3. The fourth-order valence-corrected chi connectivity index (χ4v) is 2.29. The van der Waals surface area contributed by atoms with Gasteiger partial charge in [0.05, 0.1) is 11.1 Å². The van der Waals surface area contributed by atoms with Crippen molar-refractivity contribution in [3.63, 3.8) is 0 Å². The van der Waals surface area contributed by atoms with E-state index in [2.05, 4.69) is 15.9 Å². The smallest absolute Gasteiger partial charge is 0.418 e. The molecule has 0 radical (unpaired) electrons. The summed E-state index contributed by atoms with van der Waals surface area (Å²) in [5.41, 5.74) is -1.12. The second-order valence-electron chi connectivity index (χ2n) is 4.19. The Morgan fingerprint density at radius 3 is 2.50 bits per heavy atom. The standard InChI is InChI=1S/C13H9BrF3NO2/c14-9-3-1-2-8(4-9)5-18-6-10(12(19)20)11(7-18)13(15,16)17/h1-4,6-7H,5H2,(H,19,20). The van der Waals surface area contributed by atoms with Gasteiger partial charge in [0.1, 0.15) is 0 Å². The monoisotopic (exact) mass is 347 g/mol. The molecule has 2 rings (SSSR count). The van der Waals surface area contributed by atoms with Crippen LogP contribution in [0.2, 0.25) is 0 Å². The van der Waals surface area contributed by atoms with Gasteiger partial charge in [-0.3, -0.25) is 0 Å². The van der Waals surface area contributed by atoms with Crippen molar-refractivity contribution in [1.29, 1.82) is 0 Å². The van der Waals surface area contributed by atoms with Crippen LogP contribution in [0.4, 0.5) is 13.2 Å². The Balaban J connectivity index is 2.37. The Hall–Kier alpha value is -1.76. The molecular weight excluding hydrogens is 339 g/mol. The first-order chi connectivity index (χ1) is 9.27. The third kappa shape index (κ3) is 3.22. The summed E-state index contributed by atoms with van der Waals surface area (Å²) in [5.74, 6) is -1.59. The molecule has 1 aromatic heterocycles. The van der Waals surface area contributed by atoms with Gasteiger partial charge in [0.15, 0.2) is 0 Å². The van der Waals surface area contributed by atoms with E-state index in [0.29, 0.717) is 0 Å². The highest BCUT2D eigenvalue weighted by molar-refractivity contribution is 9.10. The van der Waals surface area contributed by atoms with Crippen LogP contribution < -0.4 is 0 Å². The topological polar surface area (TPSA) is 42.2 Å². The minimum Gasteiger partial charge on any atom is -0.478 e. The Bertz CT molecular complexity index is 649. The molecule has 0 fully saturated rings. The number of hydrogen-bond donors (Lipinski definition) is 1. The van der Waals surface area contributed by atoms with Gasteiger partial charge in [-0.05, 0) is 17.7 Å². The molecule has 0 unspecified atom stereocenters. The maximum Gasteiger partial charge on any atom is 0.418 e. The summed E-state index contributed by atoms with van der Waals surface area (Å²) in [4.78, 5) is 10.9. The van der Waals surface area contributed by atoms with Gasteiger partial charge < -0.3 is 9.67 Å². The molecule has 0 atom stereocenters. The van der Waals surface area contributed by atoms with Crippen molar-refractivity contribution in [2.45, 2.75) is 12.7 Å². The van der Waals surface area contributed by atoms with Crippen LogP contribution in [0.25, 0.3) is 0 Å². The van der Waals surface area contributed by atoms with Crippen LogP contribution in [0.5, 0.6) is 0 Å². The second kappa shape index (κ2) is 5.32. The molecule has 0 aliphatic carbocycles. The number of carboxylic acid groups (broad SMARTS) is 1. The number of alkyl halides is 3. The summed E-state index contributed by atoms with van der Waals surface area (Å²) in [5, 5.41) is 8.83. The van der Waals surface area contributed by atoms with Crippen LogP contribution >= 0.6 is 15.9 Å². The van der Waals surface area contributed by atoms with Gasteiger partial charge >= 0.3 is 12.1 Å². The average molecular weight is 348 g/mol. The molecule has 0 amide bonds. The summed E-state index contributed by atoms with van der Waals surface area (Å²) < 4.78 is 40.2. The highest BCUT2D eigenvalue weighted by Crippen LogP contribution is 2.33. The van der Waals surface area contributed by atoms with Gasteiger partial charge in [-0.1, -0.05) is 28.1 Å². The third-order valence-corrected chi connectivity index (χ3v) is 3.16. The van der Waals surface area contributed by atoms with E-state index in [-0.39, 0.29) is 6.54 Å². The average Bonchev–Trinajstić information content (AvgIpc) is 2.73. The van der Waals surface area contributed by atoms with Crippen LogP contribution in [-0.4, -0.2) is 15.6 Å². The van der Waals surface area contributed by atoms with E-state index in [4.69, 9.17) is 5.11 Å². The first-order valence-corrected chi connectivity index (χ1v) is 6.31. The largest absolute Gasteiger partial charge is 0.478 e. The molecule has 3 nitrogen and oxygen atoms in total. The number of halogens is 4. The molecule has 0 aliphatic heterocycles. The minimum absolute atomic E-state index is 0.162. The normalized spacial score (nSPS) is 11.6. The summed E-state index contributed by atoms with van der Waals surface area (Å²) in [7, 11) is 0. The lowest BCUT2D eigenvalue weighted by Crippen LogP contribution is -2.09. The number of carbonyl (C=O) groups is 1. The Kier molecular flexibility index (Phi) is 3.89. The second-order valence-corrected chi connectivity index (χ2v) is 5.11. The number of aromatic nitrogens is 1. The molecule has 2 aromatic rings. The van der Waals surface area contributed by atoms with Crippen molar-refractivity contribution in [2.75, 3.05) is 0 Å². The first kappa shape index (κ1) is 14.6. The van der Waals surface area contributed by atoms with Crippen molar-refractivity contribution >= 4 is 21.9 Å². The molecule has 7 heteroatoms. The Morgan fingerprint density at radius 1 is 1.30 bits per heavy atom. The zero-order chi connectivity index (χ0) is 14.9. The number of hydrogen-bond acceptors (Lipinski definition) is 1. The summed E-state index contributed by atoms with van der Waals surface area (Å²) in [6, 6.07) is 7.06. The van der Waals surface area contributed by atoms with Crippen molar-refractivity contribution in [2.24, 2.45) is 0 Å². The highest BCUT2D eigenvalue weighted by atomic mass is 79.9. The van der Waals surface area contributed by atoms with Crippen LogP contribution in [0.3, 0.4) is 0 Å². The van der Waals surface area contributed by atoms with Gasteiger partial charge in [0.25, 0.3) is 0 Å². The molecule has 0 spiro atoms. The number of carboxylic acids is 1. The quantitative estimate of drug-likeness (QED) is 0.911. The van der Waals surface area contributed by atoms with Crippen molar-refractivity contribution < 1.29 is 23.1 Å². The van der Waals surface area contributed by atoms with Gasteiger partial charge in [-0.15, -0.1) is 0 Å². The number of nitrogens with zero attached hydrogens (tertiary/aromatic N) is 1. The van der Waals surface area contributed by atoms with Gasteiger partial charge in [-0.2, -0.15) is 13.2 Å². The van der Waals surface area contributed by atoms with Gasteiger partial charge in [0.2, 0.25) is 0 Å². The summed E-state index contributed by atoms with van der Waals surface area (Å²) >= 11 is 3.27. The molecule has 1 heterocycles. The van der Waals surface area contributed by atoms with E-state index in [1.54, 1.807) is 24.3 Å². The zero-order valence-electron chi connectivity index (χ0n) is 9.99. The Labute approximate surface area is 120 Å². The van der Waals surface area contributed by atoms with Crippen molar-refractivity contribution in [3.8, 4) is 0 Å². The third-order valence-electron chi connectivity index (χ3n) is 2.67. The van der Waals surface area contributed by atoms with Crippen molar-refractivity contribution in [1.82, 2.24) is 4.57 Å². The lowest BCUT2D eigenvalue weighted by molar-refractivity contribution is -0.138. The summed E-state index contributed by atoms with van der Waals surface area (Å²) in [6.45, 7) is 0.162. The molecule has 0 aliphatic rings. The van der Waals surface area contributed by atoms with E-state index < -0.39 is 23.3 Å². The van der Waals surface area contributed by atoms with E-state index in [1.807, 2.05) is 0 Å². The molecular formula is C13H9BrF3NO2. The Morgan fingerprint density at radius 2 is 2.00 bits per heavy atom. The molecule has 106 valence electrons. The predicted octanol–water partition coefficient (Wildman–Crippen LogP) is 4.02. The number of benzene rings is 1. The SMILES string of the molecule is O=C(O)c1cn(Cc2cccc(Br)c2)cc1C(F)(F)F. The molecule has 20 heavy (non-hydrogen) atoms. The zero-order valence-corrected chi connectivity index (χ0v) is 11.6. The lowest BCUT2D eigenvalue weighted by atomic mass is 10.2. The van der Waals surface area contributed by atoms with Crippen LogP contribution in [0.15, 0.2) is 41.1 Å². The molecule has 1 N–H and O–H groups in total. The van der Waals surface area contributed by atoms with E-state index in [0.717, 1.165) is 22.4 Å². The number of aromatic carboxylic acids is 1. The fourth-order valence-electron chi connectivity index (χ4n) is 1.84. The molecule has 0 saturated carbocycles. The maximum absolute atomic E-state index is 12.7. The van der Waals surface area contributed by atoms with Gasteiger partial charge in [-0.25, -0.2) is 4.79 Å². The minimum atomic E-state index is -4.68. The summed E-state index contributed by atoms with van der Waals surface area (Å²) in [6.07, 6.45) is -2.88. The van der Waals surface area contributed by atoms with Crippen LogP contribution in [-0.2, 0) is 12.7 Å². The first-order valence-electron chi connectivity index (χ1n) is 5.52. The molecule has 0 bridgehead atoms. The predicted molar refractivity (Wildman–Crippen MR) is 69.6 cm³/mol. The highest BCUT2D eigenvalue weighted by Gasteiger charge is 2.36. The maximum atomic E-state index is 12.7. The van der Waals surface area contributed by atoms with Crippen LogP contribution in [0, 0.1) is 0 Å².